The third kappa shape index (κ3) is 16.3. The van der Waals surface area contributed by atoms with Crippen molar-refractivity contribution >= 4 is 27.5 Å². The first kappa shape index (κ1) is 30.8. The summed E-state index contributed by atoms with van der Waals surface area (Å²) in [4.78, 5) is 12.2. The van der Waals surface area contributed by atoms with Crippen molar-refractivity contribution in [3.63, 3.8) is 0 Å². The molecule has 1 aliphatic rings. The number of nitrogens with zero attached hydrogens (tertiary/aromatic N) is 2. The number of carbonyl (C=O) groups excluding carboxylic acids is 1. The maximum Gasteiger partial charge on any atom is 0.226 e. The Bertz CT molecular complexity index is 687. The zero-order valence-corrected chi connectivity index (χ0v) is 23.8. The molecule has 0 bridgehead atoms. The highest BCUT2D eigenvalue weighted by Crippen LogP contribution is 2.20. The van der Waals surface area contributed by atoms with Crippen molar-refractivity contribution in [2.24, 2.45) is 0 Å². The van der Waals surface area contributed by atoms with Crippen LogP contribution in [0.1, 0.15) is 135 Å². The molecule has 7 heteroatoms. The fourth-order valence-corrected chi connectivity index (χ4v) is 5.47. The lowest BCUT2D eigenvalue weighted by atomic mass is 9.95. The Morgan fingerprint density at radius 2 is 1.44 bits per heavy atom. The van der Waals surface area contributed by atoms with Crippen molar-refractivity contribution in [2.75, 3.05) is 23.7 Å². The standard InChI is InChI=1S/C29H53N5OS/c1-2-3-4-5-6-7-8-9-10-11-12-13-14-15-19-23-27(35)32-29-34-33-28(36-29)31-25-20-24-30-26-21-17-16-18-22-26/h9-10,26,30H,2-8,11-25H2,1H3,(H,31,33)(H,32,34,35). The summed E-state index contributed by atoms with van der Waals surface area (Å²) in [7, 11) is 0. The average molecular weight is 520 g/mol. The average Bonchev–Trinajstić information content (AvgIpc) is 3.33. The van der Waals surface area contributed by atoms with Gasteiger partial charge in [0.05, 0.1) is 0 Å². The first-order valence-corrected chi connectivity index (χ1v) is 15.8. The van der Waals surface area contributed by atoms with E-state index >= 15 is 0 Å². The Balaban J connectivity index is 1.37. The highest BCUT2D eigenvalue weighted by atomic mass is 32.1. The van der Waals surface area contributed by atoms with E-state index in [1.165, 1.54) is 114 Å². The third-order valence-electron chi connectivity index (χ3n) is 7.00. The van der Waals surface area contributed by atoms with Gasteiger partial charge in [0.25, 0.3) is 0 Å². The maximum atomic E-state index is 12.2. The lowest BCUT2D eigenvalue weighted by Gasteiger charge is -2.22. The van der Waals surface area contributed by atoms with E-state index < -0.39 is 0 Å². The van der Waals surface area contributed by atoms with Gasteiger partial charge in [0.2, 0.25) is 16.2 Å². The van der Waals surface area contributed by atoms with Crippen LogP contribution in [0.2, 0.25) is 0 Å². The summed E-state index contributed by atoms with van der Waals surface area (Å²) in [5, 5.41) is 19.5. The van der Waals surface area contributed by atoms with Gasteiger partial charge in [-0.3, -0.25) is 4.79 Å². The van der Waals surface area contributed by atoms with Gasteiger partial charge in [-0.2, -0.15) is 0 Å². The lowest BCUT2D eigenvalue weighted by molar-refractivity contribution is -0.116. The molecule has 0 radical (unpaired) electrons. The Kier molecular flexibility index (Phi) is 18.5. The Hall–Kier alpha value is -1.47. The molecule has 2 rings (SSSR count). The minimum absolute atomic E-state index is 0.0482. The van der Waals surface area contributed by atoms with Crippen LogP contribution in [0.5, 0.6) is 0 Å². The topological polar surface area (TPSA) is 78.9 Å². The van der Waals surface area contributed by atoms with E-state index in [0.717, 1.165) is 37.5 Å². The second-order valence-corrected chi connectivity index (χ2v) is 11.3. The number of allylic oxidation sites excluding steroid dienone is 2. The highest BCUT2D eigenvalue weighted by Gasteiger charge is 2.12. The smallest absolute Gasteiger partial charge is 0.226 e. The molecule has 0 spiro atoms. The van der Waals surface area contributed by atoms with Crippen molar-refractivity contribution in [3.8, 4) is 0 Å². The van der Waals surface area contributed by atoms with E-state index in [0.29, 0.717) is 17.6 Å². The van der Waals surface area contributed by atoms with E-state index in [1.54, 1.807) is 0 Å². The van der Waals surface area contributed by atoms with Crippen LogP contribution >= 0.6 is 11.3 Å². The zero-order valence-electron chi connectivity index (χ0n) is 23.0. The van der Waals surface area contributed by atoms with Crippen molar-refractivity contribution < 1.29 is 4.79 Å². The summed E-state index contributed by atoms with van der Waals surface area (Å²) in [6.45, 7) is 4.18. The van der Waals surface area contributed by atoms with Crippen molar-refractivity contribution in [3.05, 3.63) is 12.2 Å². The normalized spacial score (nSPS) is 14.5. The number of hydrogen-bond acceptors (Lipinski definition) is 6. The molecule has 1 saturated carbocycles. The van der Waals surface area contributed by atoms with Gasteiger partial charge >= 0.3 is 0 Å². The van der Waals surface area contributed by atoms with Gasteiger partial charge in [-0.15, -0.1) is 10.2 Å². The Labute approximate surface area is 224 Å². The van der Waals surface area contributed by atoms with Crippen LogP contribution in [0.4, 0.5) is 10.3 Å². The van der Waals surface area contributed by atoms with E-state index in [2.05, 4.69) is 45.2 Å². The van der Waals surface area contributed by atoms with Crippen LogP contribution in [0.3, 0.4) is 0 Å². The Morgan fingerprint density at radius 3 is 2.17 bits per heavy atom. The van der Waals surface area contributed by atoms with Crippen molar-refractivity contribution in [2.45, 2.75) is 141 Å². The van der Waals surface area contributed by atoms with E-state index in [-0.39, 0.29) is 5.91 Å². The third-order valence-corrected chi connectivity index (χ3v) is 7.80. The molecule has 206 valence electrons. The van der Waals surface area contributed by atoms with Crippen LogP contribution in [0.25, 0.3) is 0 Å². The molecule has 1 fully saturated rings. The summed E-state index contributed by atoms with van der Waals surface area (Å²) >= 11 is 1.42. The summed E-state index contributed by atoms with van der Waals surface area (Å²) in [6, 6.07) is 0.712. The number of anilines is 2. The molecule has 3 N–H and O–H groups in total. The summed E-state index contributed by atoms with van der Waals surface area (Å²) in [5.41, 5.74) is 0. The first-order valence-electron chi connectivity index (χ1n) is 15.0. The van der Waals surface area contributed by atoms with Gasteiger partial charge < -0.3 is 16.0 Å². The van der Waals surface area contributed by atoms with Crippen molar-refractivity contribution in [1.82, 2.24) is 15.5 Å². The fraction of sp³-hybridized carbons (Fsp3) is 0.828. The summed E-state index contributed by atoms with van der Waals surface area (Å²) in [5.74, 6) is 0.0482. The van der Waals surface area contributed by atoms with Crippen molar-refractivity contribution in [1.29, 1.82) is 0 Å². The Morgan fingerprint density at radius 1 is 0.806 bits per heavy atom. The molecule has 0 aromatic carbocycles. The second-order valence-electron chi connectivity index (χ2n) is 10.4. The minimum atomic E-state index is 0.0482. The van der Waals surface area contributed by atoms with Gasteiger partial charge in [-0.05, 0) is 57.9 Å². The summed E-state index contributed by atoms with van der Waals surface area (Å²) < 4.78 is 0. The monoisotopic (exact) mass is 519 g/mol. The van der Waals surface area contributed by atoms with Gasteiger partial charge in [0.1, 0.15) is 0 Å². The van der Waals surface area contributed by atoms with Gasteiger partial charge in [-0.25, -0.2) is 0 Å². The van der Waals surface area contributed by atoms with Crippen LogP contribution < -0.4 is 16.0 Å². The molecule has 1 aromatic rings. The molecule has 0 atom stereocenters. The number of nitrogens with one attached hydrogen (secondary N) is 3. The number of carbonyl (C=O) groups is 1. The molecule has 0 aliphatic heterocycles. The van der Waals surface area contributed by atoms with Crippen LogP contribution in [-0.2, 0) is 4.79 Å². The quantitative estimate of drug-likeness (QED) is 0.106. The molecule has 0 saturated heterocycles. The van der Waals surface area contributed by atoms with Crippen LogP contribution in [0.15, 0.2) is 12.2 Å². The van der Waals surface area contributed by atoms with Crippen LogP contribution in [0, 0.1) is 0 Å². The number of hydrogen-bond donors (Lipinski definition) is 3. The number of aromatic nitrogens is 2. The van der Waals surface area contributed by atoms with E-state index in [4.69, 9.17) is 0 Å². The fourth-order valence-electron chi connectivity index (χ4n) is 4.78. The largest absolute Gasteiger partial charge is 0.360 e. The maximum absolute atomic E-state index is 12.2. The molecular weight excluding hydrogens is 466 g/mol. The molecule has 36 heavy (non-hydrogen) atoms. The number of unbranched alkanes of at least 4 members (excludes halogenated alkanes) is 11. The number of rotatable bonds is 22. The number of amides is 1. The second kappa shape index (κ2) is 21.6. The predicted octanol–water partition coefficient (Wildman–Crippen LogP) is 8.24. The van der Waals surface area contributed by atoms with Crippen LogP contribution in [-0.4, -0.2) is 35.2 Å². The van der Waals surface area contributed by atoms with Gasteiger partial charge in [-0.1, -0.05) is 101 Å². The predicted molar refractivity (Wildman–Crippen MR) is 156 cm³/mol. The highest BCUT2D eigenvalue weighted by molar-refractivity contribution is 7.19. The van der Waals surface area contributed by atoms with Gasteiger partial charge in [0.15, 0.2) is 0 Å². The molecule has 1 amide bonds. The summed E-state index contributed by atoms with van der Waals surface area (Å²) in [6.07, 6.45) is 29.6. The first-order chi connectivity index (χ1) is 17.8. The minimum Gasteiger partial charge on any atom is -0.360 e. The van der Waals surface area contributed by atoms with Gasteiger partial charge in [0, 0.05) is 19.0 Å². The molecule has 1 aromatic heterocycles. The molecule has 6 nitrogen and oxygen atoms in total. The zero-order chi connectivity index (χ0) is 25.5. The SMILES string of the molecule is CCCCCCCCC=CCCCCCCCC(=O)Nc1nnc(NCCCNC2CCCCC2)s1. The molecule has 0 unspecified atom stereocenters. The van der Waals surface area contributed by atoms with E-state index in [9.17, 15) is 4.79 Å². The lowest BCUT2D eigenvalue weighted by Crippen LogP contribution is -2.32. The molecule has 1 aliphatic carbocycles. The van der Waals surface area contributed by atoms with E-state index in [1.807, 2.05) is 0 Å². The molecular formula is C29H53N5OS. The molecule has 1 heterocycles.